The number of carbonyl (C=O) groups excluding carboxylic acids is 1. The number of rotatable bonds is 4. The summed E-state index contributed by atoms with van der Waals surface area (Å²) in [5.41, 5.74) is 7.25. The average Bonchev–Trinajstić information content (AvgIpc) is 2.44. The monoisotopic (exact) mass is 308 g/mol. The molecule has 110 valence electrons. The first-order valence-electron chi connectivity index (χ1n) is 6.30. The van der Waals surface area contributed by atoms with Gasteiger partial charge in [0.15, 0.2) is 0 Å². The Labute approximate surface area is 126 Å². The lowest BCUT2D eigenvalue weighted by atomic mass is 10.1. The molecule has 0 saturated heterocycles. The van der Waals surface area contributed by atoms with Gasteiger partial charge in [0.25, 0.3) is 0 Å². The Morgan fingerprint density at radius 2 is 2.00 bits per heavy atom. The largest absolute Gasteiger partial charge is 0.462 e. The smallest absolute Gasteiger partial charge is 0.340 e. The van der Waals surface area contributed by atoms with Crippen LogP contribution in [0.25, 0.3) is 0 Å². The van der Waals surface area contributed by atoms with E-state index in [2.05, 4.69) is 5.32 Å². The topological polar surface area (TPSA) is 64.3 Å². The molecule has 0 amide bonds. The van der Waals surface area contributed by atoms with Crippen LogP contribution in [0.4, 0.5) is 21.5 Å². The number of nitrogen functional groups attached to an aromatic ring is 1. The Morgan fingerprint density at radius 1 is 1.33 bits per heavy atom. The summed E-state index contributed by atoms with van der Waals surface area (Å²) >= 11 is 6.14. The summed E-state index contributed by atoms with van der Waals surface area (Å²) in [6, 6.07) is 8.69. The second-order valence-electron chi connectivity index (χ2n) is 4.28. The van der Waals surface area contributed by atoms with Crippen molar-refractivity contribution in [3.8, 4) is 0 Å². The molecule has 0 saturated carbocycles. The Hall–Kier alpha value is -2.27. The molecule has 4 nitrogen and oxygen atoms in total. The molecule has 0 radical (unpaired) electrons. The van der Waals surface area contributed by atoms with Gasteiger partial charge in [-0.25, -0.2) is 9.18 Å². The van der Waals surface area contributed by atoms with Gasteiger partial charge in [-0.05, 0) is 43.3 Å². The normalized spacial score (nSPS) is 10.2. The van der Waals surface area contributed by atoms with E-state index in [0.29, 0.717) is 17.1 Å². The highest BCUT2D eigenvalue weighted by molar-refractivity contribution is 6.34. The van der Waals surface area contributed by atoms with Crippen LogP contribution in [-0.4, -0.2) is 12.6 Å². The molecule has 0 aliphatic rings. The van der Waals surface area contributed by atoms with Crippen molar-refractivity contribution in [2.24, 2.45) is 0 Å². The maximum absolute atomic E-state index is 12.9. The van der Waals surface area contributed by atoms with E-state index < -0.39 is 5.97 Å². The van der Waals surface area contributed by atoms with Gasteiger partial charge in [0.05, 0.1) is 22.9 Å². The number of carbonyl (C=O) groups is 1. The molecule has 0 aliphatic heterocycles. The molecule has 0 spiro atoms. The van der Waals surface area contributed by atoms with E-state index in [4.69, 9.17) is 22.1 Å². The summed E-state index contributed by atoms with van der Waals surface area (Å²) in [5, 5.41) is 3.26. The summed E-state index contributed by atoms with van der Waals surface area (Å²) in [6.45, 7) is 1.94. The van der Waals surface area contributed by atoms with Crippen LogP contribution >= 0.6 is 11.6 Å². The highest BCUT2D eigenvalue weighted by atomic mass is 35.5. The van der Waals surface area contributed by atoms with Crippen molar-refractivity contribution in [3.05, 3.63) is 52.8 Å². The highest BCUT2D eigenvalue weighted by Crippen LogP contribution is 2.32. The van der Waals surface area contributed by atoms with E-state index in [1.807, 2.05) is 0 Å². The number of anilines is 3. The molecule has 21 heavy (non-hydrogen) atoms. The Balaban J connectivity index is 2.41. The minimum Gasteiger partial charge on any atom is -0.462 e. The van der Waals surface area contributed by atoms with Gasteiger partial charge in [0.1, 0.15) is 5.82 Å². The predicted molar refractivity (Wildman–Crippen MR) is 81.5 cm³/mol. The van der Waals surface area contributed by atoms with Gasteiger partial charge < -0.3 is 15.8 Å². The highest BCUT2D eigenvalue weighted by Gasteiger charge is 2.17. The zero-order valence-corrected chi connectivity index (χ0v) is 12.1. The lowest BCUT2D eigenvalue weighted by Gasteiger charge is -2.14. The molecule has 2 aromatic carbocycles. The van der Waals surface area contributed by atoms with Crippen molar-refractivity contribution < 1.29 is 13.9 Å². The second kappa shape index (κ2) is 6.45. The number of hydrogen-bond donors (Lipinski definition) is 2. The molecule has 2 aromatic rings. The standard InChI is InChI=1S/C15H14ClFN2O2/c1-2-21-15(20)12-7-10(18)8-13(16)14(12)19-11-5-3-9(17)4-6-11/h3-8,19H,2,18H2,1H3. The van der Waals surface area contributed by atoms with Crippen LogP contribution in [0, 0.1) is 5.82 Å². The van der Waals surface area contributed by atoms with E-state index in [0.717, 1.165) is 0 Å². The predicted octanol–water partition coefficient (Wildman–Crippen LogP) is 3.98. The number of ether oxygens (including phenoxy) is 1. The first-order valence-corrected chi connectivity index (χ1v) is 6.67. The third kappa shape index (κ3) is 3.64. The summed E-state index contributed by atoms with van der Waals surface area (Å²) < 4.78 is 17.9. The van der Waals surface area contributed by atoms with Gasteiger partial charge >= 0.3 is 5.97 Å². The van der Waals surface area contributed by atoms with Gasteiger partial charge in [-0.1, -0.05) is 11.6 Å². The van der Waals surface area contributed by atoms with E-state index in [1.54, 1.807) is 6.92 Å². The third-order valence-electron chi connectivity index (χ3n) is 2.72. The average molecular weight is 309 g/mol. The van der Waals surface area contributed by atoms with Crippen LogP contribution in [0.5, 0.6) is 0 Å². The molecule has 0 fully saturated rings. The number of nitrogens with two attached hydrogens (primary N) is 1. The van der Waals surface area contributed by atoms with Crippen molar-refractivity contribution in [3.63, 3.8) is 0 Å². The first-order chi connectivity index (χ1) is 10.0. The molecule has 3 N–H and O–H groups in total. The molecule has 0 aromatic heterocycles. The number of esters is 1. The minimum atomic E-state index is -0.531. The number of benzene rings is 2. The molecular formula is C15H14ClFN2O2. The Bertz CT molecular complexity index is 659. The Morgan fingerprint density at radius 3 is 2.62 bits per heavy atom. The zero-order valence-electron chi connectivity index (χ0n) is 11.3. The third-order valence-corrected chi connectivity index (χ3v) is 3.02. The van der Waals surface area contributed by atoms with E-state index >= 15 is 0 Å². The maximum Gasteiger partial charge on any atom is 0.340 e. The van der Waals surface area contributed by atoms with Crippen molar-refractivity contribution in [2.45, 2.75) is 6.92 Å². The van der Waals surface area contributed by atoms with Crippen molar-refractivity contribution in [1.29, 1.82) is 0 Å². The summed E-state index contributed by atoms with van der Waals surface area (Å²) in [5.74, 6) is -0.883. The van der Waals surface area contributed by atoms with Crippen molar-refractivity contribution in [2.75, 3.05) is 17.7 Å². The van der Waals surface area contributed by atoms with Crippen LogP contribution in [-0.2, 0) is 4.74 Å². The minimum absolute atomic E-state index is 0.228. The second-order valence-corrected chi connectivity index (χ2v) is 4.68. The van der Waals surface area contributed by atoms with Crippen LogP contribution in [0.3, 0.4) is 0 Å². The molecule has 0 bridgehead atoms. The number of halogens is 2. The summed E-state index contributed by atoms with van der Waals surface area (Å²) in [6.07, 6.45) is 0. The van der Waals surface area contributed by atoms with Gasteiger partial charge in [-0.15, -0.1) is 0 Å². The SMILES string of the molecule is CCOC(=O)c1cc(N)cc(Cl)c1Nc1ccc(F)cc1. The molecule has 0 atom stereocenters. The number of nitrogens with one attached hydrogen (secondary N) is 1. The van der Waals surface area contributed by atoms with Gasteiger partial charge in [0.2, 0.25) is 0 Å². The molecule has 0 heterocycles. The van der Waals surface area contributed by atoms with Gasteiger partial charge in [-0.2, -0.15) is 0 Å². The summed E-state index contributed by atoms with van der Waals surface area (Å²) in [4.78, 5) is 12.0. The fourth-order valence-corrected chi connectivity index (χ4v) is 2.08. The fraction of sp³-hybridized carbons (Fsp3) is 0.133. The zero-order chi connectivity index (χ0) is 15.4. The van der Waals surface area contributed by atoms with Crippen LogP contribution in [0.1, 0.15) is 17.3 Å². The van der Waals surface area contributed by atoms with Gasteiger partial charge in [0, 0.05) is 11.4 Å². The maximum atomic E-state index is 12.9. The van der Waals surface area contributed by atoms with E-state index in [9.17, 15) is 9.18 Å². The van der Waals surface area contributed by atoms with Crippen LogP contribution in [0.2, 0.25) is 5.02 Å². The lowest BCUT2D eigenvalue weighted by molar-refractivity contribution is 0.0527. The Kier molecular flexibility index (Phi) is 4.65. The fourth-order valence-electron chi connectivity index (χ4n) is 1.80. The first kappa shape index (κ1) is 15.1. The van der Waals surface area contributed by atoms with Crippen molar-refractivity contribution >= 4 is 34.6 Å². The van der Waals surface area contributed by atoms with Crippen molar-refractivity contribution in [1.82, 2.24) is 0 Å². The van der Waals surface area contributed by atoms with E-state index in [1.165, 1.54) is 36.4 Å². The quantitative estimate of drug-likeness (QED) is 0.662. The molecule has 0 aliphatic carbocycles. The molecule has 2 rings (SSSR count). The lowest BCUT2D eigenvalue weighted by Crippen LogP contribution is -2.09. The molecular weight excluding hydrogens is 295 g/mol. The van der Waals surface area contributed by atoms with Crippen LogP contribution in [0.15, 0.2) is 36.4 Å². The van der Waals surface area contributed by atoms with E-state index in [-0.39, 0.29) is 23.0 Å². The number of hydrogen-bond acceptors (Lipinski definition) is 4. The van der Waals surface area contributed by atoms with Crippen LogP contribution < -0.4 is 11.1 Å². The summed E-state index contributed by atoms with van der Waals surface area (Å²) in [7, 11) is 0. The van der Waals surface area contributed by atoms with Gasteiger partial charge in [-0.3, -0.25) is 0 Å². The molecule has 0 unspecified atom stereocenters. The molecule has 6 heteroatoms.